The molecule has 118 valence electrons. The highest BCUT2D eigenvalue weighted by atomic mass is 16.5. The molecule has 6 nitrogen and oxygen atoms in total. The van der Waals surface area contributed by atoms with Crippen LogP contribution in [0.5, 0.6) is 0 Å². The first-order chi connectivity index (χ1) is 10.6. The van der Waals surface area contributed by atoms with Crippen molar-refractivity contribution in [2.75, 3.05) is 6.54 Å². The Morgan fingerprint density at radius 2 is 2.05 bits per heavy atom. The zero-order chi connectivity index (χ0) is 15.3. The Hall–Kier alpha value is -1.69. The lowest BCUT2D eigenvalue weighted by molar-refractivity contribution is 0.236. The van der Waals surface area contributed by atoms with E-state index in [1.807, 2.05) is 11.7 Å². The third-order valence-corrected chi connectivity index (χ3v) is 5.02. The van der Waals surface area contributed by atoms with Gasteiger partial charge in [-0.15, -0.1) is 0 Å². The normalized spacial score (nSPS) is 22.6. The zero-order valence-electron chi connectivity index (χ0n) is 13.5. The third-order valence-electron chi connectivity index (χ3n) is 5.02. The lowest BCUT2D eigenvalue weighted by atomic mass is 10.0. The van der Waals surface area contributed by atoms with Gasteiger partial charge in [-0.3, -0.25) is 9.58 Å². The van der Waals surface area contributed by atoms with E-state index >= 15 is 0 Å². The predicted octanol–water partition coefficient (Wildman–Crippen LogP) is 2.63. The highest BCUT2D eigenvalue weighted by molar-refractivity contribution is 5.29. The lowest BCUT2D eigenvalue weighted by Gasteiger charge is -2.23. The molecule has 0 amide bonds. The summed E-state index contributed by atoms with van der Waals surface area (Å²) in [6, 6.07) is 0.427. The monoisotopic (exact) mass is 301 g/mol. The molecule has 1 atom stereocenters. The van der Waals surface area contributed by atoms with Crippen molar-refractivity contribution in [1.29, 1.82) is 0 Å². The molecular formula is C16H23N5O. The minimum absolute atomic E-state index is 0.427. The fraction of sp³-hybridized carbons (Fsp3) is 0.688. The molecule has 3 heterocycles. The minimum Gasteiger partial charge on any atom is -0.339 e. The van der Waals surface area contributed by atoms with Crippen LogP contribution in [0.4, 0.5) is 0 Å². The highest BCUT2D eigenvalue weighted by Gasteiger charge is 2.33. The van der Waals surface area contributed by atoms with Crippen molar-refractivity contribution in [1.82, 2.24) is 24.8 Å². The molecule has 0 N–H and O–H groups in total. The number of likely N-dealkylation sites (tertiary alicyclic amines) is 1. The third kappa shape index (κ3) is 2.35. The summed E-state index contributed by atoms with van der Waals surface area (Å²) >= 11 is 0. The highest BCUT2D eigenvalue weighted by Crippen LogP contribution is 2.39. The topological polar surface area (TPSA) is 60.0 Å². The van der Waals surface area contributed by atoms with Gasteiger partial charge in [0.2, 0.25) is 5.89 Å². The van der Waals surface area contributed by atoms with E-state index in [9.17, 15) is 0 Å². The average molecular weight is 301 g/mol. The van der Waals surface area contributed by atoms with E-state index in [4.69, 9.17) is 4.52 Å². The number of aromatic nitrogens is 4. The summed E-state index contributed by atoms with van der Waals surface area (Å²) in [5.74, 6) is 2.19. The van der Waals surface area contributed by atoms with Crippen LogP contribution in [0.1, 0.15) is 66.3 Å². The number of nitrogens with zero attached hydrogens (tertiary/aromatic N) is 5. The average Bonchev–Trinajstić information content (AvgIpc) is 2.98. The van der Waals surface area contributed by atoms with Gasteiger partial charge in [-0.05, 0) is 46.1 Å². The molecule has 0 bridgehead atoms. The van der Waals surface area contributed by atoms with E-state index in [0.29, 0.717) is 12.0 Å². The van der Waals surface area contributed by atoms with Crippen LogP contribution in [-0.2, 0) is 13.6 Å². The molecular weight excluding hydrogens is 278 g/mol. The van der Waals surface area contributed by atoms with Gasteiger partial charge < -0.3 is 4.52 Å². The van der Waals surface area contributed by atoms with Gasteiger partial charge in [0.1, 0.15) is 0 Å². The molecule has 0 spiro atoms. The summed E-state index contributed by atoms with van der Waals surface area (Å²) in [4.78, 5) is 7.04. The smallest absolute Gasteiger partial charge is 0.229 e. The summed E-state index contributed by atoms with van der Waals surface area (Å²) in [5, 5.41) is 8.74. The van der Waals surface area contributed by atoms with E-state index in [1.54, 1.807) is 0 Å². The summed E-state index contributed by atoms with van der Waals surface area (Å²) in [6.45, 7) is 6.13. The molecule has 0 unspecified atom stereocenters. The number of hydrogen-bond acceptors (Lipinski definition) is 5. The lowest BCUT2D eigenvalue weighted by Crippen LogP contribution is -2.24. The van der Waals surface area contributed by atoms with Crippen LogP contribution in [0.3, 0.4) is 0 Å². The van der Waals surface area contributed by atoms with Gasteiger partial charge in [-0.25, -0.2) is 0 Å². The quantitative estimate of drug-likeness (QED) is 0.869. The zero-order valence-corrected chi connectivity index (χ0v) is 13.5. The van der Waals surface area contributed by atoms with Gasteiger partial charge in [0.15, 0.2) is 5.82 Å². The molecule has 0 aromatic carbocycles. The van der Waals surface area contributed by atoms with E-state index in [-0.39, 0.29) is 0 Å². The number of rotatable bonds is 4. The molecule has 2 aromatic rings. The van der Waals surface area contributed by atoms with Crippen LogP contribution in [0.2, 0.25) is 0 Å². The first-order valence-electron chi connectivity index (χ1n) is 8.20. The Morgan fingerprint density at radius 1 is 1.23 bits per heavy atom. The number of hydrogen-bond donors (Lipinski definition) is 0. The van der Waals surface area contributed by atoms with Crippen LogP contribution < -0.4 is 0 Å². The second-order valence-corrected chi connectivity index (χ2v) is 6.66. The summed E-state index contributed by atoms with van der Waals surface area (Å²) in [7, 11) is 2.02. The standard InChI is InChI=1S/C16H23N5O/c1-10-15(11(2)20(3)18-10)13-5-4-8-21(13)9-14-17-16(22-19-14)12-6-7-12/h12-13H,4-9H2,1-3H3/t13-/m1/s1. The fourth-order valence-electron chi connectivity index (χ4n) is 3.62. The van der Waals surface area contributed by atoms with Gasteiger partial charge in [0.05, 0.1) is 12.2 Å². The van der Waals surface area contributed by atoms with Crippen LogP contribution in [0.15, 0.2) is 4.52 Å². The maximum absolute atomic E-state index is 5.39. The minimum atomic E-state index is 0.427. The molecule has 22 heavy (non-hydrogen) atoms. The molecule has 2 aliphatic rings. The maximum Gasteiger partial charge on any atom is 0.229 e. The molecule has 1 aliphatic heterocycles. The first kappa shape index (κ1) is 13.9. The molecule has 2 aromatic heterocycles. The Morgan fingerprint density at radius 3 is 2.73 bits per heavy atom. The Labute approximate surface area is 130 Å². The second-order valence-electron chi connectivity index (χ2n) is 6.66. The van der Waals surface area contributed by atoms with Crippen molar-refractivity contribution < 1.29 is 4.52 Å². The van der Waals surface area contributed by atoms with Gasteiger partial charge in [-0.1, -0.05) is 5.16 Å². The van der Waals surface area contributed by atoms with E-state index in [2.05, 4.69) is 34.0 Å². The summed E-state index contributed by atoms with van der Waals surface area (Å²) in [6.07, 6.45) is 4.79. The first-order valence-corrected chi connectivity index (χ1v) is 8.20. The Kier molecular flexibility index (Phi) is 3.29. The molecule has 6 heteroatoms. The maximum atomic E-state index is 5.39. The fourth-order valence-corrected chi connectivity index (χ4v) is 3.62. The van der Waals surface area contributed by atoms with Gasteiger partial charge in [0.25, 0.3) is 0 Å². The Balaban J connectivity index is 1.55. The van der Waals surface area contributed by atoms with Crippen molar-refractivity contribution in [2.45, 2.75) is 58.0 Å². The van der Waals surface area contributed by atoms with Crippen LogP contribution in [-0.4, -0.2) is 31.4 Å². The molecule has 1 aliphatic carbocycles. The van der Waals surface area contributed by atoms with E-state index in [1.165, 1.54) is 36.9 Å². The van der Waals surface area contributed by atoms with Crippen molar-refractivity contribution in [3.05, 3.63) is 28.7 Å². The van der Waals surface area contributed by atoms with Gasteiger partial charge >= 0.3 is 0 Å². The van der Waals surface area contributed by atoms with Crippen molar-refractivity contribution in [3.8, 4) is 0 Å². The summed E-state index contributed by atoms with van der Waals surface area (Å²) in [5.41, 5.74) is 3.79. The van der Waals surface area contributed by atoms with Crippen molar-refractivity contribution in [3.63, 3.8) is 0 Å². The van der Waals surface area contributed by atoms with Gasteiger partial charge in [0, 0.05) is 30.3 Å². The number of aryl methyl sites for hydroxylation is 2. The van der Waals surface area contributed by atoms with E-state index < -0.39 is 0 Å². The predicted molar refractivity (Wildman–Crippen MR) is 81.3 cm³/mol. The molecule has 0 radical (unpaired) electrons. The molecule has 1 saturated carbocycles. The van der Waals surface area contributed by atoms with Crippen molar-refractivity contribution >= 4 is 0 Å². The Bertz CT molecular complexity index is 685. The van der Waals surface area contributed by atoms with Crippen LogP contribution >= 0.6 is 0 Å². The van der Waals surface area contributed by atoms with Crippen LogP contribution in [0.25, 0.3) is 0 Å². The SMILES string of the molecule is Cc1nn(C)c(C)c1[C@H]1CCCN1Cc1noc(C2CC2)n1. The molecule has 2 fully saturated rings. The largest absolute Gasteiger partial charge is 0.339 e. The van der Waals surface area contributed by atoms with E-state index in [0.717, 1.165) is 30.5 Å². The van der Waals surface area contributed by atoms with Crippen LogP contribution in [0, 0.1) is 13.8 Å². The van der Waals surface area contributed by atoms with Gasteiger partial charge in [-0.2, -0.15) is 10.1 Å². The van der Waals surface area contributed by atoms with Crippen molar-refractivity contribution in [2.24, 2.45) is 7.05 Å². The molecule has 1 saturated heterocycles. The summed E-state index contributed by atoms with van der Waals surface area (Å²) < 4.78 is 7.37. The molecule has 4 rings (SSSR count). The second kappa shape index (κ2) is 5.19.